The molecule has 0 aliphatic rings. The first-order valence-electron chi connectivity index (χ1n) is 10.5. The first kappa shape index (κ1) is 22.3. The van der Waals surface area contributed by atoms with Crippen molar-refractivity contribution in [2.45, 2.75) is 33.0 Å². The van der Waals surface area contributed by atoms with E-state index in [1.165, 1.54) is 12.1 Å². The van der Waals surface area contributed by atoms with E-state index in [9.17, 15) is 8.96 Å². The largest absolute Gasteiger partial charge is 0.368 e. The molecule has 4 rings (SSSR count). The zero-order valence-electron chi connectivity index (χ0n) is 18.2. The highest BCUT2D eigenvalue weighted by Crippen LogP contribution is 2.61. The number of anilines is 1. The Kier molecular flexibility index (Phi) is 6.50. The number of rotatable bonds is 9. The summed E-state index contributed by atoms with van der Waals surface area (Å²) >= 11 is 0. The molecule has 0 spiro atoms. The highest BCUT2D eigenvalue weighted by atomic mass is 31.2. The second-order valence-corrected chi connectivity index (χ2v) is 9.26. The van der Waals surface area contributed by atoms with Crippen molar-refractivity contribution in [2.75, 3.05) is 18.5 Å². The van der Waals surface area contributed by atoms with Crippen LogP contribution >= 0.6 is 7.60 Å². The maximum atomic E-state index is 14.0. The van der Waals surface area contributed by atoms with Crippen LogP contribution in [0, 0.1) is 5.82 Å². The summed E-state index contributed by atoms with van der Waals surface area (Å²) in [6.45, 7) is 5.95. The molecule has 0 saturated carbocycles. The van der Waals surface area contributed by atoms with E-state index in [1.54, 1.807) is 30.5 Å². The Bertz CT molecular complexity index is 1270. The number of hydrogen-bond acceptors (Lipinski definition) is 7. The lowest BCUT2D eigenvalue weighted by molar-refractivity contribution is 0.214. The molecule has 2 heterocycles. The van der Waals surface area contributed by atoms with E-state index in [2.05, 4.69) is 27.8 Å². The number of pyridine rings is 1. The fraction of sp³-hybridized carbons (Fsp3) is 0.318. The molecule has 2 aromatic carbocycles. The summed E-state index contributed by atoms with van der Waals surface area (Å²) in [5.74, 6) is -1.29. The van der Waals surface area contributed by atoms with Gasteiger partial charge in [-0.1, -0.05) is 25.1 Å². The molecule has 1 N–H and O–H groups in total. The number of halogens is 1. The lowest BCUT2D eigenvalue weighted by atomic mass is 10.1. The number of nitrogens with zero attached hydrogens (tertiary/aromatic N) is 4. The topological polar surface area (TPSA) is 90.6 Å². The molecule has 0 aliphatic carbocycles. The monoisotopic (exact) mass is 457 g/mol. The molecule has 4 aromatic rings. The fourth-order valence-electron chi connectivity index (χ4n) is 3.80. The van der Waals surface area contributed by atoms with Crippen molar-refractivity contribution < 1.29 is 18.0 Å². The molecule has 0 fully saturated rings. The van der Waals surface area contributed by atoms with Gasteiger partial charge in [0, 0.05) is 16.6 Å². The number of fused-ring (bicyclic) bond motifs is 3. The standard InChI is InChI=1S/C22H25FN5O3P/c1-4-15-8-7-9-16-14-19(21-25-26-27-28(21)20(15)16)22(32(29,30-5-2)31-6-3)24-18-12-10-17(23)11-13-18/h7-14,22,24H,4-6H2,1-3H3. The minimum Gasteiger partial charge on any atom is -0.368 e. The highest BCUT2D eigenvalue weighted by Gasteiger charge is 2.39. The number of aryl methyl sites for hydroxylation is 1. The van der Waals surface area contributed by atoms with Gasteiger partial charge < -0.3 is 14.4 Å². The third-order valence-electron chi connectivity index (χ3n) is 5.16. The Hall–Kier alpha value is -2.87. The first-order valence-corrected chi connectivity index (χ1v) is 12.1. The molecule has 168 valence electrons. The average Bonchev–Trinajstić information content (AvgIpc) is 3.28. The lowest BCUT2D eigenvalue weighted by Gasteiger charge is -2.28. The number of nitrogens with one attached hydrogen (secondary N) is 1. The summed E-state index contributed by atoms with van der Waals surface area (Å²) < 4.78 is 40.4. The summed E-state index contributed by atoms with van der Waals surface area (Å²) in [4.78, 5) is 0. The predicted octanol–water partition coefficient (Wildman–Crippen LogP) is 5.36. The maximum absolute atomic E-state index is 14.0. The number of tetrazole rings is 1. The smallest absolute Gasteiger partial charge is 0.357 e. The molecule has 0 radical (unpaired) electrons. The molecular formula is C22H25FN5O3P. The summed E-state index contributed by atoms with van der Waals surface area (Å²) in [5.41, 5.74) is 3.54. The van der Waals surface area contributed by atoms with Crippen molar-refractivity contribution >= 4 is 29.8 Å². The third kappa shape index (κ3) is 4.11. The van der Waals surface area contributed by atoms with Crippen molar-refractivity contribution in [3.8, 4) is 0 Å². The summed E-state index contributed by atoms with van der Waals surface area (Å²) in [6.07, 6.45) is 0.805. The van der Waals surface area contributed by atoms with Crippen LogP contribution in [0.4, 0.5) is 10.1 Å². The van der Waals surface area contributed by atoms with Crippen LogP contribution in [0.2, 0.25) is 0 Å². The molecular weight excluding hydrogens is 432 g/mol. The van der Waals surface area contributed by atoms with Gasteiger partial charge in [0.15, 0.2) is 11.4 Å². The minimum atomic E-state index is -3.72. The SMILES string of the molecule is CCOP(=O)(OCC)C(Nc1ccc(F)cc1)c1cc2cccc(CC)c2n2nnnc12. The van der Waals surface area contributed by atoms with Crippen molar-refractivity contribution in [2.24, 2.45) is 0 Å². The second-order valence-electron chi connectivity index (χ2n) is 7.15. The van der Waals surface area contributed by atoms with Gasteiger partial charge in [-0.2, -0.15) is 4.52 Å². The van der Waals surface area contributed by atoms with E-state index < -0.39 is 13.4 Å². The number of benzene rings is 2. The van der Waals surface area contributed by atoms with Crippen LogP contribution in [-0.4, -0.2) is 33.3 Å². The number of aromatic nitrogens is 4. The molecule has 0 bridgehead atoms. The molecule has 8 nitrogen and oxygen atoms in total. The van der Waals surface area contributed by atoms with E-state index in [1.807, 2.05) is 24.3 Å². The summed E-state index contributed by atoms with van der Waals surface area (Å²) in [7, 11) is -3.72. The second kappa shape index (κ2) is 9.32. The van der Waals surface area contributed by atoms with E-state index in [0.717, 1.165) is 22.9 Å². The van der Waals surface area contributed by atoms with E-state index in [-0.39, 0.29) is 19.0 Å². The molecule has 1 atom stereocenters. The Morgan fingerprint density at radius 1 is 1.09 bits per heavy atom. The normalized spacial score (nSPS) is 13.0. The van der Waals surface area contributed by atoms with Gasteiger partial charge >= 0.3 is 7.60 Å². The van der Waals surface area contributed by atoms with Crippen molar-refractivity contribution in [1.29, 1.82) is 0 Å². The molecule has 0 aliphatic heterocycles. The summed E-state index contributed by atoms with van der Waals surface area (Å²) in [5, 5.41) is 16.4. The van der Waals surface area contributed by atoms with Crippen molar-refractivity contribution in [3.63, 3.8) is 0 Å². The molecule has 0 amide bonds. The zero-order chi connectivity index (χ0) is 22.7. The Labute approximate surface area is 185 Å². The first-order chi connectivity index (χ1) is 15.5. The Morgan fingerprint density at radius 3 is 2.47 bits per heavy atom. The Morgan fingerprint density at radius 2 is 1.81 bits per heavy atom. The fourth-order valence-corrected chi connectivity index (χ4v) is 5.73. The lowest BCUT2D eigenvalue weighted by Crippen LogP contribution is -2.17. The minimum absolute atomic E-state index is 0.188. The van der Waals surface area contributed by atoms with E-state index in [4.69, 9.17) is 9.05 Å². The van der Waals surface area contributed by atoms with Gasteiger partial charge in [-0.25, -0.2) is 4.39 Å². The van der Waals surface area contributed by atoms with Gasteiger partial charge in [-0.05, 0) is 66.6 Å². The van der Waals surface area contributed by atoms with E-state index in [0.29, 0.717) is 16.9 Å². The molecule has 0 saturated heterocycles. The van der Waals surface area contributed by atoms with Gasteiger partial charge in [0.2, 0.25) is 0 Å². The van der Waals surface area contributed by atoms with Crippen molar-refractivity contribution in [1.82, 2.24) is 20.0 Å². The highest BCUT2D eigenvalue weighted by molar-refractivity contribution is 7.54. The predicted molar refractivity (Wildman–Crippen MR) is 121 cm³/mol. The third-order valence-corrected chi connectivity index (χ3v) is 7.43. The van der Waals surface area contributed by atoms with Crippen LogP contribution in [0.3, 0.4) is 0 Å². The van der Waals surface area contributed by atoms with E-state index >= 15 is 0 Å². The Balaban J connectivity index is 1.96. The molecule has 2 aromatic heterocycles. The molecule has 10 heteroatoms. The average molecular weight is 457 g/mol. The van der Waals surface area contributed by atoms with Gasteiger partial charge in [0.25, 0.3) is 0 Å². The van der Waals surface area contributed by atoms with Gasteiger partial charge in [0.1, 0.15) is 5.82 Å². The van der Waals surface area contributed by atoms with Crippen molar-refractivity contribution in [3.05, 3.63) is 65.5 Å². The number of hydrogen-bond donors (Lipinski definition) is 1. The van der Waals surface area contributed by atoms with Gasteiger partial charge in [0.05, 0.1) is 18.7 Å². The molecule has 32 heavy (non-hydrogen) atoms. The van der Waals surface area contributed by atoms with Crippen LogP contribution < -0.4 is 5.32 Å². The van der Waals surface area contributed by atoms with Crippen LogP contribution in [0.15, 0.2) is 48.5 Å². The van der Waals surface area contributed by atoms with Crippen LogP contribution in [0.5, 0.6) is 0 Å². The quantitative estimate of drug-likeness (QED) is 0.339. The summed E-state index contributed by atoms with van der Waals surface area (Å²) in [6, 6.07) is 13.7. The molecule has 1 unspecified atom stereocenters. The number of para-hydroxylation sites is 1. The van der Waals surface area contributed by atoms with Gasteiger partial charge in [-0.3, -0.25) is 4.57 Å². The van der Waals surface area contributed by atoms with Crippen LogP contribution in [-0.2, 0) is 20.0 Å². The zero-order valence-corrected chi connectivity index (χ0v) is 19.1. The van der Waals surface area contributed by atoms with Crippen LogP contribution in [0.25, 0.3) is 16.6 Å². The van der Waals surface area contributed by atoms with Gasteiger partial charge in [-0.15, -0.1) is 5.10 Å². The van der Waals surface area contributed by atoms with Crippen LogP contribution in [0.1, 0.15) is 37.7 Å². The maximum Gasteiger partial charge on any atom is 0.357 e.